The highest BCUT2D eigenvalue weighted by Crippen LogP contribution is 2.28. The van der Waals surface area contributed by atoms with E-state index in [1.54, 1.807) is 63.7 Å². The molecular formula is C21H26N4O6. The molecule has 0 radical (unpaired) electrons. The molecule has 1 fully saturated rings. The van der Waals surface area contributed by atoms with Crippen LogP contribution in [0.2, 0.25) is 0 Å². The van der Waals surface area contributed by atoms with Gasteiger partial charge in [0.15, 0.2) is 0 Å². The van der Waals surface area contributed by atoms with Gasteiger partial charge in [-0.25, -0.2) is 14.3 Å². The Balaban J connectivity index is 2.01. The summed E-state index contributed by atoms with van der Waals surface area (Å²) in [7, 11) is 1.65. The molecule has 2 heterocycles. The van der Waals surface area contributed by atoms with Gasteiger partial charge in [-0.15, -0.1) is 0 Å². The maximum Gasteiger partial charge on any atom is 0.408 e. The Bertz CT molecular complexity index is 1080. The van der Waals surface area contributed by atoms with Gasteiger partial charge in [0.25, 0.3) is 11.5 Å². The summed E-state index contributed by atoms with van der Waals surface area (Å²) in [5, 5.41) is 12.2. The number of aromatic nitrogens is 2. The summed E-state index contributed by atoms with van der Waals surface area (Å²) in [4.78, 5) is 51.4. The number of alkyl carbamates (subject to hydrolysis) is 1. The number of carboxylic acids is 1. The molecule has 0 spiro atoms. The van der Waals surface area contributed by atoms with Crippen molar-refractivity contribution in [3.8, 4) is 5.69 Å². The molecule has 166 valence electrons. The number of carbonyl (C=O) groups excluding carboxylic acids is 2. The van der Waals surface area contributed by atoms with Crippen molar-refractivity contribution in [3.63, 3.8) is 0 Å². The molecule has 2 atom stereocenters. The van der Waals surface area contributed by atoms with Crippen LogP contribution in [0.1, 0.15) is 32.9 Å². The minimum atomic E-state index is -1.30. The summed E-state index contributed by atoms with van der Waals surface area (Å²) in [5.74, 6) is -1.94. The lowest BCUT2D eigenvalue weighted by Crippen LogP contribution is -2.45. The molecule has 0 bridgehead atoms. The van der Waals surface area contributed by atoms with Gasteiger partial charge in [-0.05, 0) is 39.8 Å². The lowest BCUT2D eigenvalue weighted by molar-refractivity contribution is -0.138. The van der Waals surface area contributed by atoms with Crippen LogP contribution in [0.3, 0.4) is 0 Å². The zero-order valence-electron chi connectivity index (χ0n) is 18.1. The summed E-state index contributed by atoms with van der Waals surface area (Å²) >= 11 is 0. The Kier molecular flexibility index (Phi) is 5.66. The van der Waals surface area contributed by atoms with E-state index in [-0.39, 0.29) is 12.1 Å². The number of carboxylic acid groups (broad SMARTS) is 1. The highest BCUT2D eigenvalue weighted by Gasteiger charge is 2.47. The second-order valence-corrected chi connectivity index (χ2v) is 8.41. The van der Waals surface area contributed by atoms with Crippen molar-refractivity contribution >= 4 is 23.7 Å². The number of hydrogen-bond donors (Lipinski definition) is 2. The van der Waals surface area contributed by atoms with Crippen molar-refractivity contribution < 1.29 is 24.2 Å². The van der Waals surface area contributed by atoms with E-state index >= 15 is 0 Å². The third-order valence-corrected chi connectivity index (χ3v) is 5.05. The highest BCUT2D eigenvalue weighted by atomic mass is 16.6. The van der Waals surface area contributed by atoms with Crippen molar-refractivity contribution in [3.05, 3.63) is 46.4 Å². The minimum absolute atomic E-state index is 0.0303. The molecule has 2 aromatic rings. The maximum atomic E-state index is 13.3. The van der Waals surface area contributed by atoms with Crippen LogP contribution < -0.4 is 15.8 Å². The Morgan fingerprint density at radius 1 is 1.16 bits per heavy atom. The summed E-state index contributed by atoms with van der Waals surface area (Å²) in [6.45, 7) is 6.66. The van der Waals surface area contributed by atoms with Crippen LogP contribution in [0.25, 0.3) is 5.69 Å². The average Bonchev–Trinajstić information content (AvgIpc) is 3.08. The van der Waals surface area contributed by atoms with Gasteiger partial charge in [0.2, 0.25) is 0 Å². The van der Waals surface area contributed by atoms with E-state index in [1.165, 1.54) is 4.68 Å². The normalized spacial score (nSPS) is 18.9. The standard InChI is InChI=1S/C21H26N4O6/c1-12-16(18(27)25(23(12)5)13-9-7-6-8-10-13)24-15(19(28)29)11-14(17(24)26)22-20(30)31-21(2,3)4/h6-10,14-15H,11H2,1-5H3,(H,22,30)(H,28,29)/t14-,15-/m0/s1. The lowest BCUT2D eigenvalue weighted by atomic mass is 10.1. The molecule has 0 aliphatic carbocycles. The Labute approximate surface area is 179 Å². The van der Waals surface area contributed by atoms with Crippen molar-refractivity contribution in [1.29, 1.82) is 0 Å². The SMILES string of the molecule is Cc1c(N2C(=O)[C@@H](NC(=O)OC(C)(C)C)C[C@H]2C(=O)O)c(=O)n(-c2ccccc2)n1C. The van der Waals surface area contributed by atoms with Crippen LogP contribution in [-0.2, 0) is 21.4 Å². The van der Waals surface area contributed by atoms with E-state index < -0.39 is 41.2 Å². The van der Waals surface area contributed by atoms with Gasteiger partial charge in [-0.1, -0.05) is 18.2 Å². The largest absolute Gasteiger partial charge is 0.480 e. The second-order valence-electron chi connectivity index (χ2n) is 8.41. The second kappa shape index (κ2) is 7.93. The van der Waals surface area contributed by atoms with E-state index in [2.05, 4.69) is 5.32 Å². The quantitative estimate of drug-likeness (QED) is 0.759. The lowest BCUT2D eigenvalue weighted by Gasteiger charge is -2.21. The molecule has 31 heavy (non-hydrogen) atoms. The van der Waals surface area contributed by atoms with Crippen LogP contribution in [0.5, 0.6) is 0 Å². The third kappa shape index (κ3) is 4.18. The van der Waals surface area contributed by atoms with Gasteiger partial charge >= 0.3 is 12.1 Å². The van der Waals surface area contributed by atoms with Crippen molar-refractivity contribution in [1.82, 2.24) is 14.7 Å². The summed E-state index contributed by atoms with van der Waals surface area (Å²) < 4.78 is 8.10. The van der Waals surface area contributed by atoms with Gasteiger partial charge in [0, 0.05) is 13.5 Å². The molecule has 0 unspecified atom stereocenters. The van der Waals surface area contributed by atoms with Crippen LogP contribution in [0, 0.1) is 6.92 Å². The highest BCUT2D eigenvalue weighted by molar-refractivity contribution is 6.06. The number of rotatable bonds is 4. The number of amides is 2. The zero-order valence-corrected chi connectivity index (χ0v) is 18.1. The molecule has 10 nitrogen and oxygen atoms in total. The maximum absolute atomic E-state index is 13.3. The Morgan fingerprint density at radius 2 is 1.77 bits per heavy atom. The van der Waals surface area contributed by atoms with Gasteiger partial charge in [-0.2, -0.15) is 0 Å². The fraction of sp³-hybridized carbons (Fsp3) is 0.429. The Morgan fingerprint density at radius 3 is 2.32 bits per heavy atom. The van der Waals surface area contributed by atoms with Crippen molar-refractivity contribution in [2.24, 2.45) is 7.05 Å². The molecule has 0 saturated carbocycles. The fourth-order valence-electron chi connectivity index (χ4n) is 3.63. The third-order valence-electron chi connectivity index (χ3n) is 5.05. The number of benzene rings is 1. The molecule has 10 heteroatoms. The van der Waals surface area contributed by atoms with E-state index in [4.69, 9.17) is 4.74 Å². The minimum Gasteiger partial charge on any atom is -0.480 e. The van der Waals surface area contributed by atoms with E-state index in [9.17, 15) is 24.3 Å². The van der Waals surface area contributed by atoms with Crippen LogP contribution in [0.15, 0.2) is 35.1 Å². The number of hydrogen-bond acceptors (Lipinski definition) is 5. The topological polar surface area (TPSA) is 123 Å². The van der Waals surface area contributed by atoms with E-state index in [0.29, 0.717) is 11.4 Å². The molecule has 2 amide bonds. The summed E-state index contributed by atoms with van der Waals surface area (Å²) in [6, 6.07) is 6.39. The Hall–Kier alpha value is -3.56. The predicted octanol–water partition coefficient (Wildman–Crippen LogP) is 1.57. The number of carbonyl (C=O) groups is 3. The monoisotopic (exact) mass is 430 g/mol. The molecular weight excluding hydrogens is 404 g/mol. The number of para-hydroxylation sites is 1. The molecule has 2 N–H and O–H groups in total. The molecule has 1 aromatic heterocycles. The summed E-state index contributed by atoms with van der Waals surface area (Å²) in [5.41, 5.74) is -0.338. The van der Waals surface area contributed by atoms with Gasteiger partial charge < -0.3 is 15.2 Å². The number of nitrogens with zero attached hydrogens (tertiary/aromatic N) is 3. The van der Waals surface area contributed by atoms with E-state index in [0.717, 1.165) is 4.90 Å². The first-order chi connectivity index (χ1) is 14.4. The van der Waals surface area contributed by atoms with Crippen molar-refractivity contribution in [2.45, 2.75) is 51.8 Å². The predicted molar refractivity (Wildman–Crippen MR) is 112 cm³/mol. The first-order valence-corrected chi connectivity index (χ1v) is 9.82. The first-order valence-electron chi connectivity index (χ1n) is 9.82. The summed E-state index contributed by atoms with van der Waals surface area (Å²) in [6.07, 6.45) is -1.02. The molecule has 1 aromatic carbocycles. The smallest absolute Gasteiger partial charge is 0.408 e. The molecule has 1 saturated heterocycles. The first kappa shape index (κ1) is 22.1. The number of aliphatic carboxylic acids is 1. The van der Waals surface area contributed by atoms with Gasteiger partial charge in [-0.3, -0.25) is 19.2 Å². The van der Waals surface area contributed by atoms with Gasteiger partial charge in [0.1, 0.15) is 23.4 Å². The number of ether oxygens (including phenoxy) is 1. The van der Waals surface area contributed by atoms with Crippen LogP contribution in [-0.4, -0.2) is 50.1 Å². The number of nitrogens with one attached hydrogen (secondary N) is 1. The van der Waals surface area contributed by atoms with Gasteiger partial charge in [0.05, 0.1) is 11.4 Å². The zero-order chi connectivity index (χ0) is 23.1. The molecule has 1 aliphatic heterocycles. The van der Waals surface area contributed by atoms with Crippen LogP contribution >= 0.6 is 0 Å². The molecule has 1 aliphatic rings. The number of anilines is 1. The van der Waals surface area contributed by atoms with Crippen molar-refractivity contribution in [2.75, 3.05) is 4.90 Å². The fourth-order valence-corrected chi connectivity index (χ4v) is 3.63. The van der Waals surface area contributed by atoms with Crippen LogP contribution in [0.4, 0.5) is 10.5 Å². The average molecular weight is 430 g/mol. The molecule has 3 rings (SSSR count). The van der Waals surface area contributed by atoms with E-state index in [1.807, 2.05) is 6.07 Å².